The van der Waals surface area contributed by atoms with Crippen LogP contribution in [0.25, 0.3) is 11.3 Å². The molecule has 2 aromatic rings. The number of nitrogens with zero attached hydrogens (tertiary/aromatic N) is 2. The molecule has 0 saturated carbocycles. The zero-order valence-corrected chi connectivity index (χ0v) is 9.97. The number of nitrogens with two attached hydrogens (primary N) is 1. The zero-order chi connectivity index (χ0) is 12.3. The van der Waals surface area contributed by atoms with Gasteiger partial charge in [-0.15, -0.1) is 0 Å². The maximum Gasteiger partial charge on any atom is 0.142 e. The molecule has 17 heavy (non-hydrogen) atoms. The van der Waals surface area contributed by atoms with Crippen LogP contribution < -0.4 is 10.5 Å². The van der Waals surface area contributed by atoms with Crippen molar-refractivity contribution in [3.8, 4) is 17.0 Å². The molecule has 0 atom stereocenters. The molecule has 0 radical (unpaired) electrons. The largest absolute Gasteiger partial charge is 0.497 e. The van der Waals surface area contributed by atoms with E-state index in [1.165, 1.54) is 0 Å². The van der Waals surface area contributed by atoms with E-state index in [0.29, 0.717) is 12.4 Å². The third-order valence-electron chi connectivity index (χ3n) is 2.47. The van der Waals surface area contributed by atoms with Gasteiger partial charge in [0.25, 0.3) is 0 Å². The molecule has 0 aliphatic rings. The second kappa shape index (κ2) is 4.93. The van der Waals surface area contributed by atoms with Crippen LogP contribution in [0.2, 0.25) is 0 Å². The van der Waals surface area contributed by atoms with Crippen molar-refractivity contribution in [2.75, 3.05) is 7.11 Å². The summed E-state index contributed by atoms with van der Waals surface area (Å²) in [6, 6.07) is 9.71. The lowest BCUT2D eigenvalue weighted by Crippen LogP contribution is -2.05. The van der Waals surface area contributed by atoms with Gasteiger partial charge in [-0.25, -0.2) is 9.97 Å². The topological polar surface area (TPSA) is 61.0 Å². The first-order valence-corrected chi connectivity index (χ1v) is 5.42. The van der Waals surface area contributed by atoms with E-state index in [1.807, 2.05) is 37.3 Å². The average Bonchev–Trinajstić information content (AvgIpc) is 2.38. The Labute approximate surface area is 100 Å². The lowest BCUT2D eigenvalue weighted by molar-refractivity contribution is 0.415. The van der Waals surface area contributed by atoms with Gasteiger partial charge in [-0.1, -0.05) is 0 Å². The van der Waals surface area contributed by atoms with E-state index in [0.717, 1.165) is 22.7 Å². The summed E-state index contributed by atoms with van der Waals surface area (Å²) >= 11 is 0. The number of ether oxygens (including phenoxy) is 1. The highest BCUT2D eigenvalue weighted by Crippen LogP contribution is 2.21. The minimum Gasteiger partial charge on any atom is -0.497 e. The van der Waals surface area contributed by atoms with Gasteiger partial charge in [-0.05, 0) is 37.3 Å². The fourth-order valence-corrected chi connectivity index (χ4v) is 1.63. The van der Waals surface area contributed by atoms with Crippen LogP contribution in [0.1, 0.15) is 11.5 Å². The fraction of sp³-hybridized carbons (Fsp3) is 0.231. The van der Waals surface area contributed by atoms with E-state index in [2.05, 4.69) is 9.97 Å². The highest BCUT2D eigenvalue weighted by Gasteiger charge is 2.03. The molecule has 2 N–H and O–H groups in total. The number of aromatic nitrogens is 2. The molecule has 88 valence electrons. The van der Waals surface area contributed by atoms with Crippen molar-refractivity contribution in [2.45, 2.75) is 13.5 Å². The van der Waals surface area contributed by atoms with Crippen LogP contribution >= 0.6 is 0 Å². The van der Waals surface area contributed by atoms with Crippen LogP contribution in [0.5, 0.6) is 5.75 Å². The SMILES string of the molecule is COc1ccc(-c2cc(C)nc(CN)n2)cc1. The third-order valence-corrected chi connectivity index (χ3v) is 2.47. The standard InChI is InChI=1S/C13H15N3O/c1-9-7-12(16-13(8-14)15-9)10-3-5-11(17-2)6-4-10/h3-7H,8,14H2,1-2H3. The molecule has 2 rings (SSSR count). The number of benzene rings is 1. The average molecular weight is 229 g/mol. The molecule has 1 aromatic heterocycles. The molecule has 0 unspecified atom stereocenters. The Morgan fingerprint density at radius 3 is 2.47 bits per heavy atom. The third kappa shape index (κ3) is 2.60. The van der Waals surface area contributed by atoms with Gasteiger partial charge in [0.15, 0.2) is 0 Å². The second-order valence-corrected chi connectivity index (χ2v) is 3.74. The molecule has 1 aromatic carbocycles. The maximum absolute atomic E-state index is 5.57. The summed E-state index contributed by atoms with van der Waals surface area (Å²) in [7, 11) is 1.65. The number of hydrogen-bond donors (Lipinski definition) is 1. The Hall–Kier alpha value is -1.94. The quantitative estimate of drug-likeness (QED) is 0.873. The van der Waals surface area contributed by atoms with E-state index in [1.54, 1.807) is 7.11 Å². The van der Waals surface area contributed by atoms with Gasteiger partial charge in [0.1, 0.15) is 11.6 Å². The van der Waals surface area contributed by atoms with E-state index in [-0.39, 0.29) is 0 Å². The Morgan fingerprint density at radius 2 is 1.88 bits per heavy atom. The summed E-state index contributed by atoms with van der Waals surface area (Å²) in [5, 5.41) is 0. The lowest BCUT2D eigenvalue weighted by atomic mass is 10.1. The van der Waals surface area contributed by atoms with Crippen LogP contribution in [0.3, 0.4) is 0 Å². The Kier molecular flexibility index (Phi) is 3.35. The van der Waals surface area contributed by atoms with Gasteiger partial charge in [-0.3, -0.25) is 0 Å². The van der Waals surface area contributed by atoms with Crippen molar-refractivity contribution in [1.29, 1.82) is 0 Å². The molecule has 0 saturated heterocycles. The number of methoxy groups -OCH3 is 1. The normalized spacial score (nSPS) is 10.3. The predicted molar refractivity (Wildman–Crippen MR) is 66.6 cm³/mol. The fourth-order valence-electron chi connectivity index (χ4n) is 1.63. The Morgan fingerprint density at radius 1 is 1.18 bits per heavy atom. The summed E-state index contributed by atoms with van der Waals surface area (Å²) in [5.74, 6) is 1.49. The molecule has 0 spiro atoms. The van der Waals surface area contributed by atoms with Crippen molar-refractivity contribution < 1.29 is 4.74 Å². The van der Waals surface area contributed by atoms with E-state index in [9.17, 15) is 0 Å². The first-order valence-electron chi connectivity index (χ1n) is 5.42. The van der Waals surface area contributed by atoms with Gasteiger partial charge in [0.2, 0.25) is 0 Å². The molecule has 0 fully saturated rings. The van der Waals surface area contributed by atoms with Crippen molar-refractivity contribution in [1.82, 2.24) is 9.97 Å². The Bertz CT molecular complexity index is 509. The summed E-state index contributed by atoms with van der Waals surface area (Å²) in [4.78, 5) is 8.65. The molecule has 0 aliphatic heterocycles. The number of hydrogen-bond acceptors (Lipinski definition) is 4. The highest BCUT2D eigenvalue weighted by atomic mass is 16.5. The van der Waals surface area contributed by atoms with E-state index >= 15 is 0 Å². The highest BCUT2D eigenvalue weighted by molar-refractivity contribution is 5.60. The van der Waals surface area contributed by atoms with Crippen molar-refractivity contribution >= 4 is 0 Å². The van der Waals surface area contributed by atoms with Crippen molar-refractivity contribution in [2.24, 2.45) is 5.73 Å². The predicted octanol–water partition coefficient (Wildman–Crippen LogP) is 1.92. The minimum atomic E-state index is 0.352. The molecule has 0 aliphatic carbocycles. The first kappa shape index (κ1) is 11.5. The van der Waals surface area contributed by atoms with Gasteiger partial charge in [-0.2, -0.15) is 0 Å². The summed E-state index contributed by atoms with van der Waals surface area (Å²) in [6.45, 7) is 2.29. The molecule has 4 heteroatoms. The van der Waals surface area contributed by atoms with Gasteiger partial charge >= 0.3 is 0 Å². The molecular weight excluding hydrogens is 214 g/mol. The summed E-state index contributed by atoms with van der Waals surface area (Å²) in [5.41, 5.74) is 8.41. The molecular formula is C13H15N3O. The molecule has 1 heterocycles. The zero-order valence-electron chi connectivity index (χ0n) is 9.97. The molecule has 0 amide bonds. The maximum atomic E-state index is 5.57. The van der Waals surface area contributed by atoms with E-state index < -0.39 is 0 Å². The van der Waals surface area contributed by atoms with Crippen LogP contribution in [0.4, 0.5) is 0 Å². The van der Waals surface area contributed by atoms with E-state index in [4.69, 9.17) is 10.5 Å². The smallest absolute Gasteiger partial charge is 0.142 e. The first-order chi connectivity index (χ1) is 8.22. The van der Waals surface area contributed by atoms with Gasteiger partial charge < -0.3 is 10.5 Å². The monoisotopic (exact) mass is 229 g/mol. The molecule has 4 nitrogen and oxygen atoms in total. The van der Waals surface area contributed by atoms with Crippen LogP contribution in [0, 0.1) is 6.92 Å². The van der Waals surface area contributed by atoms with Gasteiger partial charge in [0.05, 0.1) is 19.3 Å². The summed E-state index contributed by atoms with van der Waals surface area (Å²) < 4.78 is 5.12. The Balaban J connectivity index is 2.41. The second-order valence-electron chi connectivity index (χ2n) is 3.74. The van der Waals surface area contributed by atoms with Crippen LogP contribution in [-0.4, -0.2) is 17.1 Å². The summed E-state index contributed by atoms with van der Waals surface area (Å²) in [6.07, 6.45) is 0. The van der Waals surface area contributed by atoms with Crippen molar-refractivity contribution in [3.63, 3.8) is 0 Å². The van der Waals surface area contributed by atoms with Crippen LogP contribution in [0.15, 0.2) is 30.3 Å². The minimum absolute atomic E-state index is 0.352. The number of rotatable bonds is 3. The number of aryl methyl sites for hydroxylation is 1. The lowest BCUT2D eigenvalue weighted by Gasteiger charge is -2.05. The van der Waals surface area contributed by atoms with Gasteiger partial charge in [0, 0.05) is 11.3 Å². The van der Waals surface area contributed by atoms with Crippen LogP contribution in [-0.2, 0) is 6.54 Å². The van der Waals surface area contributed by atoms with Crippen molar-refractivity contribution in [3.05, 3.63) is 41.9 Å². The molecule has 0 bridgehead atoms.